The highest BCUT2D eigenvalue weighted by atomic mass is 35.5. The Labute approximate surface area is 169 Å². The van der Waals surface area contributed by atoms with Crippen molar-refractivity contribution in [1.82, 2.24) is 0 Å². The molecule has 2 heterocycles. The van der Waals surface area contributed by atoms with Crippen LogP contribution < -0.4 is 10.3 Å². The maximum absolute atomic E-state index is 12.4. The normalized spacial score (nSPS) is 12.9. The van der Waals surface area contributed by atoms with E-state index in [2.05, 4.69) is 0 Å². The van der Waals surface area contributed by atoms with Crippen LogP contribution in [0.5, 0.6) is 0 Å². The molecule has 7 nitrogen and oxygen atoms in total. The first-order valence-electron chi connectivity index (χ1n) is 8.67. The molecule has 0 fully saturated rings. The van der Waals surface area contributed by atoms with E-state index in [9.17, 15) is 19.2 Å². The van der Waals surface area contributed by atoms with Gasteiger partial charge in [-0.15, -0.1) is 0 Å². The predicted octanol–water partition coefficient (Wildman–Crippen LogP) is 3.01. The number of benzene rings is 2. The Hall–Kier alpha value is -3.45. The molecule has 0 unspecified atom stereocenters. The van der Waals surface area contributed by atoms with Gasteiger partial charge in [0.2, 0.25) is 11.7 Å². The van der Waals surface area contributed by atoms with Crippen molar-refractivity contribution in [3.63, 3.8) is 0 Å². The van der Waals surface area contributed by atoms with Gasteiger partial charge in [0.25, 0.3) is 0 Å². The number of likely N-dealkylation sites (N-methyl/N-ethyl adjacent to an activating group) is 1. The van der Waals surface area contributed by atoms with E-state index in [1.165, 1.54) is 23.1 Å². The SMILES string of the molecule is CN1C(=O)Cc2cc(C(=O)COC(=O)c3cc(=O)c4cc(Cl)ccc4o3)ccc21. The third-order valence-electron chi connectivity index (χ3n) is 4.70. The van der Waals surface area contributed by atoms with Crippen LogP contribution in [0, 0.1) is 0 Å². The van der Waals surface area contributed by atoms with Crippen LogP contribution in [0.15, 0.2) is 51.7 Å². The summed E-state index contributed by atoms with van der Waals surface area (Å²) in [6.07, 6.45) is 0.221. The van der Waals surface area contributed by atoms with Gasteiger partial charge < -0.3 is 14.1 Å². The molecule has 4 rings (SSSR count). The maximum atomic E-state index is 12.4. The highest BCUT2D eigenvalue weighted by Crippen LogP contribution is 2.28. The van der Waals surface area contributed by atoms with E-state index < -0.39 is 23.8 Å². The summed E-state index contributed by atoms with van der Waals surface area (Å²) in [6, 6.07) is 10.3. The van der Waals surface area contributed by atoms with Crippen molar-refractivity contribution in [2.24, 2.45) is 0 Å². The summed E-state index contributed by atoms with van der Waals surface area (Å²) in [4.78, 5) is 50.0. The molecule has 1 aliphatic rings. The first kappa shape index (κ1) is 18.9. The van der Waals surface area contributed by atoms with Crippen LogP contribution in [0.25, 0.3) is 11.0 Å². The fourth-order valence-electron chi connectivity index (χ4n) is 3.16. The van der Waals surface area contributed by atoms with E-state index in [0.29, 0.717) is 10.6 Å². The monoisotopic (exact) mass is 411 g/mol. The van der Waals surface area contributed by atoms with Gasteiger partial charge in [-0.1, -0.05) is 11.6 Å². The number of carbonyl (C=O) groups excluding carboxylic acids is 3. The second kappa shape index (κ2) is 7.18. The number of hydrogen-bond acceptors (Lipinski definition) is 6. The van der Waals surface area contributed by atoms with Crippen LogP contribution in [-0.4, -0.2) is 31.3 Å². The fourth-order valence-corrected chi connectivity index (χ4v) is 3.33. The smallest absolute Gasteiger partial charge is 0.374 e. The van der Waals surface area contributed by atoms with E-state index in [4.69, 9.17) is 20.8 Å². The van der Waals surface area contributed by atoms with E-state index in [-0.39, 0.29) is 29.1 Å². The number of rotatable bonds is 4. The average Bonchev–Trinajstić information content (AvgIpc) is 2.99. The first-order valence-corrected chi connectivity index (χ1v) is 9.04. The molecule has 8 heteroatoms. The van der Waals surface area contributed by atoms with Crippen molar-refractivity contribution in [2.75, 3.05) is 18.6 Å². The van der Waals surface area contributed by atoms with E-state index >= 15 is 0 Å². The van der Waals surface area contributed by atoms with Crippen molar-refractivity contribution in [2.45, 2.75) is 6.42 Å². The number of anilines is 1. The number of Topliss-reactive ketones (excluding diaryl/α,β-unsaturated/α-hetero) is 1. The van der Waals surface area contributed by atoms with Crippen LogP contribution in [0.2, 0.25) is 5.02 Å². The Morgan fingerprint density at radius 3 is 2.72 bits per heavy atom. The molecule has 1 aromatic heterocycles. The third-order valence-corrected chi connectivity index (χ3v) is 4.94. The van der Waals surface area contributed by atoms with Gasteiger partial charge in [0.1, 0.15) is 5.58 Å². The van der Waals surface area contributed by atoms with Gasteiger partial charge in [-0.25, -0.2) is 4.79 Å². The molecule has 0 radical (unpaired) electrons. The standard InChI is InChI=1S/C21H14ClNO6/c1-23-15-4-2-11(6-12(15)7-20(23)26)17(25)10-28-21(27)19-9-16(24)14-8-13(22)3-5-18(14)29-19/h2-6,8-9H,7,10H2,1H3. The molecular formula is C21H14ClNO6. The van der Waals surface area contributed by atoms with Crippen LogP contribution in [0.4, 0.5) is 5.69 Å². The van der Waals surface area contributed by atoms with E-state index in [1.54, 1.807) is 25.2 Å². The Bertz CT molecular complexity index is 1250. The quantitative estimate of drug-likeness (QED) is 0.484. The minimum atomic E-state index is -0.927. The van der Waals surface area contributed by atoms with Gasteiger partial charge in [0.05, 0.1) is 11.8 Å². The highest BCUT2D eigenvalue weighted by molar-refractivity contribution is 6.31. The lowest BCUT2D eigenvalue weighted by molar-refractivity contribution is -0.117. The molecule has 1 aliphatic heterocycles. The topological polar surface area (TPSA) is 93.9 Å². The maximum Gasteiger partial charge on any atom is 0.374 e. The van der Waals surface area contributed by atoms with E-state index in [1.807, 2.05) is 0 Å². The van der Waals surface area contributed by atoms with Crippen LogP contribution in [0.1, 0.15) is 26.5 Å². The molecule has 0 bridgehead atoms. The molecule has 29 heavy (non-hydrogen) atoms. The van der Waals surface area contributed by atoms with Gasteiger partial charge in [-0.05, 0) is 42.0 Å². The van der Waals surface area contributed by atoms with Gasteiger partial charge in [-0.3, -0.25) is 14.4 Å². The minimum absolute atomic E-state index is 0.0522. The van der Waals surface area contributed by atoms with Gasteiger partial charge in [-0.2, -0.15) is 0 Å². The van der Waals surface area contributed by atoms with Crippen molar-refractivity contribution in [3.05, 3.63) is 74.6 Å². The summed E-state index contributed by atoms with van der Waals surface area (Å²) in [6.45, 7) is -0.524. The number of ketones is 1. The molecule has 3 aromatic rings. The number of carbonyl (C=O) groups is 3. The number of nitrogens with zero attached hydrogens (tertiary/aromatic N) is 1. The number of hydrogen-bond donors (Lipinski definition) is 0. The molecule has 1 amide bonds. The number of ether oxygens (including phenoxy) is 1. The average molecular weight is 412 g/mol. The fraction of sp³-hybridized carbons (Fsp3) is 0.143. The highest BCUT2D eigenvalue weighted by Gasteiger charge is 2.25. The molecule has 0 atom stereocenters. The zero-order valence-corrected chi connectivity index (χ0v) is 16.0. The number of amides is 1. The Morgan fingerprint density at radius 2 is 1.93 bits per heavy atom. The lowest BCUT2D eigenvalue weighted by Crippen LogP contribution is -2.20. The second-order valence-electron chi connectivity index (χ2n) is 6.59. The van der Waals surface area contributed by atoms with Gasteiger partial charge in [0.15, 0.2) is 17.8 Å². The summed E-state index contributed by atoms with van der Waals surface area (Å²) < 4.78 is 10.4. The lowest BCUT2D eigenvalue weighted by atomic mass is 10.1. The molecule has 2 aromatic carbocycles. The van der Waals surface area contributed by atoms with Crippen LogP contribution in [-0.2, 0) is 16.0 Å². The summed E-state index contributed by atoms with van der Waals surface area (Å²) in [5, 5.41) is 0.607. The molecule has 0 saturated carbocycles. The predicted molar refractivity (Wildman–Crippen MR) is 106 cm³/mol. The molecule has 0 N–H and O–H groups in total. The Morgan fingerprint density at radius 1 is 1.14 bits per heavy atom. The molecule has 0 saturated heterocycles. The summed E-state index contributed by atoms with van der Waals surface area (Å²) in [7, 11) is 1.67. The zero-order valence-electron chi connectivity index (χ0n) is 15.2. The largest absolute Gasteiger partial charge is 0.451 e. The number of esters is 1. The van der Waals surface area contributed by atoms with Crippen molar-refractivity contribution < 1.29 is 23.5 Å². The Kier molecular flexibility index (Phi) is 4.68. The molecule has 0 spiro atoms. The third kappa shape index (κ3) is 3.52. The lowest BCUT2D eigenvalue weighted by Gasteiger charge is -2.10. The zero-order chi connectivity index (χ0) is 20.7. The number of fused-ring (bicyclic) bond motifs is 2. The van der Waals surface area contributed by atoms with Crippen LogP contribution in [0.3, 0.4) is 0 Å². The first-order chi connectivity index (χ1) is 13.8. The van der Waals surface area contributed by atoms with Crippen LogP contribution >= 0.6 is 11.6 Å². The minimum Gasteiger partial charge on any atom is -0.451 e. The van der Waals surface area contributed by atoms with E-state index in [0.717, 1.165) is 17.3 Å². The van der Waals surface area contributed by atoms with Crippen molar-refractivity contribution in [1.29, 1.82) is 0 Å². The molecule has 0 aliphatic carbocycles. The van der Waals surface area contributed by atoms with Crippen molar-refractivity contribution >= 4 is 45.9 Å². The van der Waals surface area contributed by atoms with Gasteiger partial charge in [0, 0.05) is 29.4 Å². The summed E-state index contributed by atoms with van der Waals surface area (Å²) in [5.41, 5.74) is 1.57. The molecular weight excluding hydrogens is 398 g/mol. The second-order valence-corrected chi connectivity index (χ2v) is 7.02. The molecule has 146 valence electrons. The van der Waals surface area contributed by atoms with Crippen molar-refractivity contribution in [3.8, 4) is 0 Å². The summed E-state index contributed by atoms with van der Waals surface area (Å²) in [5.74, 6) is -1.72. The Balaban J connectivity index is 1.49. The summed E-state index contributed by atoms with van der Waals surface area (Å²) >= 11 is 5.86. The van der Waals surface area contributed by atoms with Gasteiger partial charge >= 0.3 is 5.97 Å². The number of halogens is 1.